The first kappa shape index (κ1) is 10.8. The number of nitrogens with two attached hydrogens (primary N) is 1. The number of hydrogen-bond acceptors (Lipinski definition) is 3. The minimum absolute atomic E-state index is 0.355. The van der Waals surface area contributed by atoms with Gasteiger partial charge in [-0.2, -0.15) is 0 Å². The van der Waals surface area contributed by atoms with Crippen LogP contribution in [0.25, 0.3) is 0 Å². The van der Waals surface area contributed by atoms with Gasteiger partial charge in [-0.1, -0.05) is 12.2 Å². The van der Waals surface area contributed by atoms with Crippen LogP contribution < -0.4 is 15.2 Å². The molecule has 0 atom stereocenters. The van der Waals surface area contributed by atoms with Crippen molar-refractivity contribution in [2.24, 2.45) is 5.73 Å². The molecule has 0 heterocycles. The van der Waals surface area contributed by atoms with Crippen LogP contribution in [0.5, 0.6) is 11.5 Å². The summed E-state index contributed by atoms with van der Waals surface area (Å²) in [6.45, 7) is 2.49. The quantitative estimate of drug-likeness (QED) is 0.770. The van der Waals surface area contributed by atoms with Crippen molar-refractivity contribution in [3.63, 3.8) is 0 Å². The largest absolute Gasteiger partial charge is 0.493 e. The average Bonchev–Trinajstić information content (AvgIpc) is 2.18. The Morgan fingerprint density at radius 2 is 2.14 bits per heavy atom. The lowest BCUT2D eigenvalue weighted by Gasteiger charge is -2.10. The Labute approximate surface area is 88.8 Å². The third-order valence-corrected chi connectivity index (χ3v) is 1.98. The van der Waals surface area contributed by atoms with Crippen LogP contribution in [-0.2, 0) is 0 Å². The summed E-state index contributed by atoms with van der Waals surface area (Å²) in [4.78, 5) is 0.355. The fraction of sp³-hybridized carbons (Fsp3) is 0.300. The van der Waals surface area contributed by atoms with Crippen molar-refractivity contribution in [1.29, 1.82) is 0 Å². The molecule has 2 N–H and O–H groups in total. The molecule has 0 aliphatic heterocycles. The van der Waals surface area contributed by atoms with E-state index in [9.17, 15) is 0 Å². The van der Waals surface area contributed by atoms with Gasteiger partial charge >= 0.3 is 0 Å². The van der Waals surface area contributed by atoms with E-state index in [0.717, 1.165) is 5.56 Å². The highest BCUT2D eigenvalue weighted by Gasteiger charge is 2.06. The van der Waals surface area contributed by atoms with Gasteiger partial charge in [0.15, 0.2) is 11.5 Å². The second-order valence-electron chi connectivity index (χ2n) is 2.66. The highest BCUT2D eigenvalue weighted by atomic mass is 32.1. The zero-order chi connectivity index (χ0) is 10.6. The lowest BCUT2D eigenvalue weighted by Crippen LogP contribution is -2.09. The molecule has 76 valence electrons. The molecule has 0 unspecified atom stereocenters. The molecule has 0 fully saturated rings. The van der Waals surface area contributed by atoms with E-state index in [2.05, 4.69) is 0 Å². The number of rotatable bonds is 4. The molecule has 4 heteroatoms. The summed E-state index contributed by atoms with van der Waals surface area (Å²) in [7, 11) is 1.60. The maximum Gasteiger partial charge on any atom is 0.161 e. The fourth-order valence-corrected chi connectivity index (χ4v) is 1.23. The van der Waals surface area contributed by atoms with Crippen LogP contribution in [0.15, 0.2) is 18.2 Å². The van der Waals surface area contributed by atoms with Gasteiger partial charge in [0, 0.05) is 5.56 Å². The summed E-state index contributed by atoms with van der Waals surface area (Å²) >= 11 is 4.87. The van der Waals surface area contributed by atoms with Gasteiger partial charge in [-0.25, -0.2) is 0 Å². The average molecular weight is 211 g/mol. The molecule has 0 saturated carbocycles. The van der Waals surface area contributed by atoms with E-state index in [1.54, 1.807) is 19.2 Å². The Hall–Kier alpha value is -1.29. The van der Waals surface area contributed by atoms with Crippen molar-refractivity contribution in [1.82, 2.24) is 0 Å². The third-order valence-electron chi connectivity index (χ3n) is 1.75. The molecule has 0 bridgehead atoms. The van der Waals surface area contributed by atoms with E-state index < -0.39 is 0 Å². The van der Waals surface area contributed by atoms with E-state index in [1.165, 1.54) is 0 Å². The summed E-state index contributed by atoms with van der Waals surface area (Å²) in [5, 5.41) is 0. The molecule has 0 spiro atoms. The van der Waals surface area contributed by atoms with E-state index in [1.807, 2.05) is 13.0 Å². The Bertz CT molecular complexity index is 339. The van der Waals surface area contributed by atoms with Gasteiger partial charge in [0.25, 0.3) is 0 Å². The van der Waals surface area contributed by atoms with Crippen molar-refractivity contribution in [2.75, 3.05) is 13.7 Å². The summed E-state index contributed by atoms with van der Waals surface area (Å²) < 4.78 is 10.5. The molecule has 0 saturated heterocycles. The van der Waals surface area contributed by atoms with Crippen molar-refractivity contribution < 1.29 is 9.47 Å². The Balaban J connectivity index is 3.07. The van der Waals surface area contributed by atoms with Gasteiger partial charge in [0.1, 0.15) is 4.99 Å². The van der Waals surface area contributed by atoms with Crippen LogP contribution in [0, 0.1) is 0 Å². The highest BCUT2D eigenvalue weighted by molar-refractivity contribution is 7.80. The number of methoxy groups -OCH3 is 1. The SMILES string of the molecule is CCOc1cc(C(N)=S)ccc1OC. The first-order valence-electron chi connectivity index (χ1n) is 4.29. The van der Waals surface area contributed by atoms with Crippen LogP contribution in [0.1, 0.15) is 12.5 Å². The second-order valence-corrected chi connectivity index (χ2v) is 3.10. The smallest absolute Gasteiger partial charge is 0.161 e. The molecule has 0 aliphatic carbocycles. The molecule has 14 heavy (non-hydrogen) atoms. The summed E-state index contributed by atoms with van der Waals surface area (Å²) in [5.74, 6) is 1.35. The predicted octanol–water partition coefficient (Wildman–Crippen LogP) is 1.73. The van der Waals surface area contributed by atoms with Crippen LogP contribution >= 0.6 is 12.2 Å². The minimum atomic E-state index is 0.355. The number of hydrogen-bond donors (Lipinski definition) is 1. The highest BCUT2D eigenvalue weighted by Crippen LogP contribution is 2.27. The maximum atomic E-state index is 5.51. The lowest BCUT2D eigenvalue weighted by molar-refractivity contribution is 0.311. The van der Waals surface area contributed by atoms with Gasteiger partial charge in [-0.3, -0.25) is 0 Å². The molecular formula is C10H13NO2S. The van der Waals surface area contributed by atoms with E-state index in [4.69, 9.17) is 27.4 Å². The molecule has 1 aromatic rings. The van der Waals surface area contributed by atoms with E-state index in [-0.39, 0.29) is 0 Å². The molecule has 0 aromatic heterocycles. The van der Waals surface area contributed by atoms with Gasteiger partial charge in [0.05, 0.1) is 13.7 Å². The summed E-state index contributed by atoms with van der Waals surface area (Å²) in [6, 6.07) is 5.38. The van der Waals surface area contributed by atoms with Crippen molar-refractivity contribution >= 4 is 17.2 Å². The lowest BCUT2D eigenvalue weighted by atomic mass is 10.2. The Morgan fingerprint density at radius 1 is 1.43 bits per heavy atom. The first-order valence-corrected chi connectivity index (χ1v) is 4.70. The molecule has 0 aliphatic rings. The Kier molecular flexibility index (Phi) is 3.71. The van der Waals surface area contributed by atoms with E-state index in [0.29, 0.717) is 23.1 Å². The van der Waals surface area contributed by atoms with Crippen molar-refractivity contribution in [3.05, 3.63) is 23.8 Å². The maximum absolute atomic E-state index is 5.51. The van der Waals surface area contributed by atoms with Crippen molar-refractivity contribution in [2.45, 2.75) is 6.92 Å². The molecule has 0 amide bonds. The van der Waals surface area contributed by atoms with Gasteiger partial charge in [-0.15, -0.1) is 0 Å². The van der Waals surface area contributed by atoms with Crippen LogP contribution in [0.3, 0.4) is 0 Å². The molecule has 1 rings (SSSR count). The van der Waals surface area contributed by atoms with Crippen molar-refractivity contribution in [3.8, 4) is 11.5 Å². The number of benzene rings is 1. The Morgan fingerprint density at radius 3 is 2.64 bits per heavy atom. The number of ether oxygens (including phenoxy) is 2. The summed E-state index contributed by atoms with van der Waals surface area (Å²) in [6.07, 6.45) is 0. The van der Waals surface area contributed by atoms with Gasteiger partial charge in [0.2, 0.25) is 0 Å². The third kappa shape index (κ3) is 2.35. The zero-order valence-electron chi connectivity index (χ0n) is 8.24. The van der Waals surface area contributed by atoms with Gasteiger partial charge < -0.3 is 15.2 Å². The van der Waals surface area contributed by atoms with Crippen LogP contribution in [-0.4, -0.2) is 18.7 Å². The van der Waals surface area contributed by atoms with Crippen LogP contribution in [0.4, 0.5) is 0 Å². The number of thiocarbonyl (C=S) groups is 1. The standard InChI is InChI=1S/C10H13NO2S/c1-3-13-9-6-7(10(11)14)4-5-8(9)12-2/h4-6H,3H2,1-2H3,(H2,11,14). The molecule has 0 radical (unpaired) electrons. The fourth-order valence-electron chi connectivity index (χ4n) is 1.10. The molecular weight excluding hydrogens is 198 g/mol. The first-order chi connectivity index (χ1) is 6.69. The normalized spacial score (nSPS) is 9.57. The van der Waals surface area contributed by atoms with Crippen LogP contribution in [0.2, 0.25) is 0 Å². The summed E-state index contributed by atoms with van der Waals surface area (Å²) in [5.41, 5.74) is 6.29. The second kappa shape index (κ2) is 4.81. The minimum Gasteiger partial charge on any atom is -0.493 e. The topological polar surface area (TPSA) is 44.5 Å². The van der Waals surface area contributed by atoms with E-state index >= 15 is 0 Å². The monoisotopic (exact) mass is 211 g/mol. The predicted molar refractivity (Wildman–Crippen MR) is 60.1 cm³/mol. The molecule has 3 nitrogen and oxygen atoms in total. The molecule has 1 aromatic carbocycles. The van der Waals surface area contributed by atoms with Gasteiger partial charge in [-0.05, 0) is 25.1 Å². The zero-order valence-corrected chi connectivity index (χ0v) is 9.06.